The van der Waals surface area contributed by atoms with Gasteiger partial charge >= 0.3 is 5.97 Å². The minimum absolute atomic E-state index is 0.0553. The summed E-state index contributed by atoms with van der Waals surface area (Å²) in [4.78, 5) is 25.5. The second-order valence-corrected chi connectivity index (χ2v) is 5.92. The van der Waals surface area contributed by atoms with Gasteiger partial charge in [-0.05, 0) is 12.8 Å². The number of rotatable bonds is 6. The number of carboxylic acid groups (broad SMARTS) is 1. The molecule has 7 nitrogen and oxygen atoms in total. The maximum absolute atomic E-state index is 10.7. The third-order valence-corrected chi connectivity index (χ3v) is 4.42. The highest BCUT2D eigenvalue weighted by molar-refractivity contribution is 7.13. The molecular formula is C14H17N5O2S. The van der Waals surface area contributed by atoms with E-state index < -0.39 is 5.97 Å². The van der Waals surface area contributed by atoms with Crippen LogP contribution in [-0.4, -0.2) is 45.7 Å². The van der Waals surface area contributed by atoms with Gasteiger partial charge in [-0.1, -0.05) is 0 Å². The highest BCUT2D eigenvalue weighted by atomic mass is 32.1. The van der Waals surface area contributed by atoms with Gasteiger partial charge in [0.25, 0.3) is 0 Å². The molecule has 0 spiro atoms. The van der Waals surface area contributed by atoms with E-state index in [0.717, 1.165) is 30.3 Å². The zero-order valence-corrected chi connectivity index (χ0v) is 12.8. The molecule has 2 N–H and O–H groups in total. The molecule has 1 saturated heterocycles. The van der Waals surface area contributed by atoms with Crippen molar-refractivity contribution in [2.45, 2.75) is 19.3 Å². The van der Waals surface area contributed by atoms with E-state index in [1.807, 2.05) is 0 Å². The largest absolute Gasteiger partial charge is 0.476 e. The van der Waals surface area contributed by atoms with Gasteiger partial charge in [0, 0.05) is 31.4 Å². The topological polar surface area (TPSA) is 91.2 Å². The van der Waals surface area contributed by atoms with Crippen LogP contribution in [0.1, 0.15) is 29.0 Å². The first-order chi connectivity index (χ1) is 10.7. The van der Waals surface area contributed by atoms with Crippen molar-refractivity contribution < 1.29 is 9.90 Å². The third kappa shape index (κ3) is 3.51. The lowest BCUT2D eigenvalue weighted by Gasteiger charge is -2.12. The van der Waals surface area contributed by atoms with Crippen LogP contribution in [0.15, 0.2) is 17.8 Å². The van der Waals surface area contributed by atoms with Crippen molar-refractivity contribution in [3.63, 3.8) is 0 Å². The van der Waals surface area contributed by atoms with E-state index in [4.69, 9.17) is 5.11 Å². The monoisotopic (exact) mass is 319 g/mol. The second-order valence-electron chi connectivity index (χ2n) is 5.08. The fraction of sp³-hybridized carbons (Fsp3) is 0.429. The Hall–Kier alpha value is -2.22. The lowest BCUT2D eigenvalue weighted by atomic mass is 10.3. The van der Waals surface area contributed by atoms with E-state index in [9.17, 15) is 4.79 Å². The van der Waals surface area contributed by atoms with Gasteiger partial charge in [-0.3, -0.25) is 0 Å². The van der Waals surface area contributed by atoms with Crippen LogP contribution in [0.3, 0.4) is 0 Å². The van der Waals surface area contributed by atoms with Crippen LogP contribution in [0, 0.1) is 0 Å². The van der Waals surface area contributed by atoms with Crippen LogP contribution < -0.4 is 10.2 Å². The van der Waals surface area contributed by atoms with Crippen LogP contribution in [0.25, 0.3) is 0 Å². The van der Waals surface area contributed by atoms with Gasteiger partial charge < -0.3 is 15.3 Å². The molecule has 0 radical (unpaired) electrons. The molecule has 0 amide bonds. The van der Waals surface area contributed by atoms with Crippen molar-refractivity contribution >= 4 is 28.3 Å². The molecular weight excluding hydrogens is 302 g/mol. The summed E-state index contributed by atoms with van der Waals surface area (Å²) in [5, 5.41) is 15.1. The summed E-state index contributed by atoms with van der Waals surface area (Å²) in [7, 11) is 0. The predicted octanol–water partition coefficient (Wildman–Crippen LogP) is 1.89. The van der Waals surface area contributed by atoms with E-state index in [1.54, 1.807) is 11.3 Å². The molecule has 1 aliphatic heterocycles. The number of hydrogen-bond donors (Lipinski definition) is 2. The third-order valence-electron chi connectivity index (χ3n) is 3.47. The number of carboxylic acids is 1. The minimum Gasteiger partial charge on any atom is -0.476 e. The molecule has 3 heterocycles. The van der Waals surface area contributed by atoms with Gasteiger partial charge in [-0.15, -0.1) is 11.3 Å². The number of anilines is 2. The summed E-state index contributed by atoms with van der Waals surface area (Å²) >= 11 is 1.69. The molecule has 2 aromatic heterocycles. The van der Waals surface area contributed by atoms with Gasteiger partial charge in [0.15, 0.2) is 10.8 Å². The lowest BCUT2D eigenvalue weighted by molar-refractivity contribution is 0.0690. The number of nitrogens with one attached hydrogen (secondary N) is 1. The molecule has 1 fully saturated rings. The van der Waals surface area contributed by atoms with Crippen LogP contribution in [0.5, 0.6) is 0 Å². The van der Waals surface area contributed by atoms with Crippen LogP contribution >= 0.6 is 11.3 Å². The maximum Gasteiger partial charge on any atom is 0.356 e. The first kappa shape index (κ1) is 14.7. The van der Waals surface area contributed by atoms with Crippen molar-refractivity contribution in [1.29, 1.82) is 0 Å². The molecule has 1 aliphatic rings. The smallest absolute Gasteiger partial charge is 0.356 e. The highest BCUT2D eigenvalue weighted by Crippen LogP contribution is 2.24. The Morgan fingerprint density at radius 2 is 2.14 bits per heavy atom. The quantitative estimate of drug-likeness (QED) is 0.840. The molecule has 0 bridgehead atoms. The Bertz CT molecular complexity index is 637. The average molecular weight is 319 g/mol. The second kappa shape index (κ2) is 6.69. The van der Waals surface area contributed by atoms with Gasteiger partial charge in [0.05, 0.1) is 18.1 Å². The summed E-state index contributed by atoms with van der Waals surface area (Å²) in [6.07, 6.45) is 5.98. The van der Waals surface area contributed by atoms with Crippen molar-refractivity contribution in [2.75, 3.05) is 29.9 Å². The summed E-state index contributed by atoms with van der Waals surface area (Å²) in [5.41, 5.74) is 1.01. The predicted molar refractivity (Wildman–Crippen MR) is 84.7 cm³/mol. The van der Waals surface area contributed by atoms with Gasteiger partial charge in [-0.2, -0.15) is 0 Å². The lowest BCUT2D eigenvalue weighted by Crippen LogP contribution is -2.17. The molecule has 0 saturated carbocycles. The molecule has 116 valence electrons. The fourth-order valence-corrected chi connectivity index (χ4v) is 3.23. The van der Waals surface area contributed by atoms with Crippen molar-refractivity contribution in [3.8, 4) is 0 Å². The van der Waals surface area contributed by atoms with Gasteiger partial charge in [0.2, 0.25) is 0 Å². The Morgan fingerprint density at radius 3 is 2.82 bits per heavy atom. The van der Waals surface area contributed by atoms with Crippen LogP contribution in [0.2, 0.25) is 0 Å². The van der Waals surface area contributed by atoms with E-state index >= 15 is 0 Å². The minimum atomic E-state index is -1.07. The molecule has 0 aliphatic carbocycles. The number of thiazole rings is 1. The van der Waals surface area contributed by atoms with Crippen molar-refractivity contribution in [1.82, 2.24) is 15.0 Å². The molecule has 0 unspecified atom stereocenters. The fourth-order valence-electron chi connectivity index (χ4n) is 2.31. The SMILES string of the molecule is O=C(O)c1cnc(NCCc2csc(N3CCCC3)n2)cn1. The first-order valence-electron chi connectivity index (χ1n) is 7.21. The number of carbonyl (C=O) groups is 1. The number of aromatic carboxylic acids is 1. The van der Waals surface area contributed by atoms with Crippen molar-refractivity contribution in [2.24, 2.45) is 0 Å². The van der Waals surface area contributed by atoms with Gasteiger partial charge in [0.1, 0.15) is 5.82 Å². The van der Waals surface area contributed by atoms with Gasteiger partial charge in [-0.25, -0.2) is 19.7 Å². The summed E-state index contributed by atoms with van der Waals surface area (Å²) in [6.45, 7) is 2.90. The highest BCUT2D eigenvalue weighted by Gasteiger charge is 2.15. The summed E-state index contributed by atoms with van der Waals surface area (Å²) in [6, 6.07) is 0. The molecule has 3 rings (SSSR count). The Morgan fingerprint density at radius 1 is 1.32 bits per heavy atom. The molecule has 0 atom stereocenters. The zero-order valence-electron chi connectivity index (χ0n) is 12.0. The Kier molecular flexibility index (Phi) is 4.47. The number of aromatic nitrogens is 3. The number of nitrogens with zero attached hydrogens (tertiary/aromatic N) is 4. The Labute approximate surface area is 132 Å². The molecule has 22 heavy (non-hydrogen) atoms. The maximum atomic E-state index is 10.7. The molecule has 0 aromatic carbocycles. The Balaban J connectivity index is 1.49. The van der Waals surface area contributed by atoms with Crippen molar-refractivity contribution in [3.05, 3.63) is 29.2 Å². The first-order valence-corrected chi connectivity index (χ1v) is 8.09. The van der Waals surface area contributed by atoms with E-state index in [1.165, 1.54) is 25.2 Å². The summed E-state index contributed by atoms with van der Waals surface area (Å²) in [5.74, 6) is -0.504. The van der Waals surface area contributed by atoms with E-state index in [-0.39, 0.29) is 5.69 Å². The number of hydrogen-bond acceptors (Lipinski definition) is 7. The normalized spacial score (nSPS) is 14.3. The summed E-state index contributed by atoms with van der Waals surface area (Å²) < 4.78 is 0. The van der Waals surface area contributed by atoms with Crippen LogP contribution in [-0.2, 0) is 6.42 Å². The average Bonchev–Trinajstić information content (AvgIpc) is 3.19. The van der Waals surface area contributed by atoms with Crippen LogP contribution in [0.4, 0.5) is 10.9 Å². The standard InChI is InChI=1S/C14H17N5O2S/c20-13(21)11-7-17-12(8-16-11)15-4-3-10-9-22-14(18-10)19-5-1-2-6-19/h7-9H,1-6H2,(H,15,17)(H,20,21). The van der Waals surface area contributed by atoms with E-state index in [2.05, 4.69) is 30.5 Å². The molecule has 8 heteroatoms. The zero-order chi connectivity index (χ0) is 15.4. The molecule has 2 aromatic rings. The van der Waals surface area contributed by atoms with E-state index in [0.29, 0.717) is 12.4 Å².